The van der Waals surface area contributed by atoms with Gasteiger partial charge in [0.05, 0.1) is 22.6 Å². The van der Waals surface area contributed by atoms with Gasteiger partial charge in [-0.15, -0.1) is 11.6 Å². The molecule has 1 aromatic heterocycles. The third-order valence-corrected chi connectivity index (χ3v) is 3.43. The Morgan fingerprint density at radius 1 is 1.10 bits per heavy atom. The average Bonchev–Trinajstić information content (AvgIpc) is 2.78. The van der Waals surface area contributed by atoms with Gasteiger partial charge in [-0.05, 0) is 30.3 Å². The Hall–Kier alpha value is -1.65. The molecule has 0 aliphatic heterocycles. The first kappa shape index (κ1) is 13.3. The number of imidazole rings is 1. The minimum Gasteiger partial charge on any atom is -0.292 e. The maximum absolute atomic E-state index is 14.0. The summed E-state index contributed by atoms with van der Waals surface area (Å²) in [6.45, 7) is 0. The van der Waals surface area contributed by atoms with Crippen molar-refractivity contribution in [2.45, 2.75) is 5.88 Å². The highest BCUT2D eigenvalue weighted by molar-refractivity contribution is 6.31. The largest absolute Gasteiger partial charge is 0.292 e. The molecule has 6 heteroatoms. The average molecular weight is 313 g/mol. The molecule has 2 aromatic carbocycles. The molecule has 1 heterocycles. The number of hydrogen-bond donors (Lipinski definition) is 0. The van der Waals surface area contributed by atoms with Gasteiger partial charge in [-0.1, -0.05) is 11.6 Å². The van der Waals surface area contributed by atoms with Crippen molar-refractivity contribution in [1.82, 2.24) is 9.55 Å². The molecule has 0 aliphatic carbocycles. The maximum Gasteiger partial charge on any atom is 0.147 e. The first-order valence-electron chi connectivity index (χ1n) is 5.78. The molecule has 0 fully saturated rings. The Bertz CT molecular complexity index is 799. The molecule has 3 aromatic rings. The van der Waals surface area contributed by atoms with Crippen LogP contribution in [0.3, 0.4) is 0 Å². The highest BCUT2D eigenvalue weighted by Crippen LogP contribution is 2.27. The molecule has 102 valence electrons. The predicted molar refractivity (Wildman–Crippen MR) is 75.6 cm³/mol. The third-order valence-electron chi connectivity index (χ3n) is 2.95. The number of nitrogens with zero attached hydrogens (tertiary/aromatic N) is 2. The van der Waals surface area contributed by atoms with Crippen LogP contribution in [0.5, 0.6) is 0 Å². The van der Waals surface area contributed by atoms with Crippen LogP contribution in [-0.2, 0) is 5.88 Å². The maximum atomic E-state index is 14.0. The van der Waals surface area contributed by atoms with Crippen LogP contribution in [0.4, 0.5) is 8.78 Å². The number of hydrogen-bond acceptors (Lipinski definition) is 1. The number of aromatic nitrogens is 2. The monoisotopic (exact) mass is 312 g/mol. The second kappa shape index (κ2) is 5.04. The van der Waals surface area contributed by atoms with E-state index >= 15 is 0 Å². The van der Waals surface area contributed by atoms with Crippen molar-refractivity contribution in [1.29, 1.82) is 0 Å². The van der Waals surface area contributed by atoms with E-state index in [0.717, 1.165) is 18.2 Å². The number of fused-ring (bicyclic) bond motifs is 1. The molecule has 0 N–H and O–H groups in total. The summed E-state index contributed by atoms with van der Waals surface area (Å²) in [5, 5.41) is 0.517. The normalized spacial score (nSPS) is 11.2. The Morgan fingerprint density at radius 3 is 2.65 bits per heavy atom. The number of halogens is 4. The van der Waals surface area contributed by atoms with E-state index in [-0.39, 0.29) is 11.6 Å². The molecule has 3 rings (SSSR count). The Balaban J connectivity index is 2.37. The minimum atomic E-state index is -0.549. The van der Waals surface area contributed by atoms with Gasteiger partial charge in [0.25, 0.3) is 0 Å². The zero-order valence-electron chi connectivity index (χ0n) is 10.1. The van der Waals surface area contributed by atoms with Crippen LogP contribution in [0.15, 0.2) is 36.4 Å². The second-order valence-corrected chi connectivity index (χ2v) is 4.93. The summed E-state index contributed by atoms with van der Waals surface area (Å²) in [4.78, 5) is 4.30. The second-order valence-electron chi connectivity index (χ2n) is 4.23. The summed E-state index contributed by atoms with van der Waals surface area (Å²) in [6.07, 6.45) is 0. The van der Waals surface area contributed by atoms with Gasteiger partial charge in [0.15, 0.2) is 0 Å². The molecule has 0 radical (unpaired) electrons. The fraction of sp³-hybridized carbons (Fsp3) is 0.0714. The fourth-order valence-electron chi connectivity index (χ4n) is 2.12. The summed E-state index contributed by atoms with van der Waals surface area (Å²) in [7, 11) is 0. The lowest BCUT2D eigenvalue weighted by atomic mass is 10.2. The lowest BCUT2D eigenvalue weighted by Crippen LogP contribution is -2.02. The minimum absolute atomic E-state index is 0.0717. The zero-order chi connectivity index (χ0) is 14.3. The molecule has 0 saturated heterocycles. The molecule has 0 unspecified atom stereocenters. The molecular weight excluding hydrogens is 305 g/mol. The lowest BCUT2D eigenvalue weighted by molar-refractivity contribution is 0.592. The summed E-state index contributed by atoms with van der Waals surface area (Å²) in [6, 6.07) is 8.27. The van der Waals surface area contributed by atoms with E-state index in [2.05, 4.69) is 4.98 Å². The first-order chi connectivity index (χ1) is 9.60. The molecular formula is C14H8Cl2F2N2. The smallest absolute Gasteiger partial charge is 0.147 e. The Kier molecular flexibility index (Phi) is 3.36. The van der Waals surface area contributed by atoms with Crippen LogP contribution < -0.4 is 0 Å². The van der Waals surface area contributed by atoms with Crippen molar-refractivity contribution in [3.8, 4) is 5.69 Å². The molecule has 0 spiro atoms. The van der Waals surface area contributed by atoms with Crippen LogP contribution in [0.25, 0.3) is 16.7 Å². The summed E-state index contributed by atoms with van der Waals surface area (Å²) in [5.74, 6) is -0.583. The topological polar surface area (TPSA) is 17.8 Å². The van der Waals surface area contributed by atoms with Gasteiger partial charge < -0.3 is 0 Å². The fourth-order valence-corrected chi connectivity index (χ4v) is 2.46. The van der Waals surface area contributed by atoms with E-state index in [0.29, 0.717) is 21.9 Å². The van der Waals surface area contributed by atoms with Crippen molar-refractivity contribution in [2.24, 2.45) is 0 Å². The molecule has 0 saturated carbocycles. The molecule has 0 bridgehead atoms. The van der Waals surface area contributed by atoms with Gasteiger partial charge in [-0.2, -0.15) is 0 Å². The highest BCUT2D eigenvalue weighted by atomic mass is 35.5. The van der Waals surface area contributed by atoms with Crippen molar-refractivity contribution >= 4 is 34.2 Å². The molecule has 20 heavy (non-hydrogen) atoms. The lowest BCUT2D eigenvalue weighted by Gasteiger charge is -2.09. The van der Waals surface area contributed by atoms with Crippen LogP contribution in [-0.4, -0.2) is 9.55 Å². The van der Waals surface area contributed by atoms with Gasteiger partial charge in [0, 0.05) is 11.1 Å². The standard InChI is InChI=1S/C14H8Cl2F2N2/c15-7-14-19-11-5-8(16)1-4-12(11)20(14)13-6-9(17)2-3-10(13)18/h1-6H,7H2. The van der Waals surface area contributed by atoms with Crippen LogP contribution in [0, 0.1) is 11.6 Å². The molecule has 0 aliphatic rings. The SMILES string of the molecule is Fc1ccc(F)c(-n2c(CCl)nc3cc(Cl)ccc32)c1. The van der Waals surface area contributed by atoms with Crippen molar-refractivity contribution in [3.63, 3.8) is 0 Å². The van der Waals surface area contributed by atoms with Crippen molar-refractivity contribution < 1.29 is 8.78 Å². The summed E-state index contributed by atoms with van der Waals surface area (Å²) in [5.41, 5.74) is 1.27. The van der Waals surface area contributed by atoms with Gasteiger partial charge >= 0.3 is 0 Å². The third kappa shape index (κ3) is 2.15. The summed E-state index contributed by atoms with van der Waals surface area (Å²) >= 11 is 11.8. The van der Waals surface area contributed by atoms with Gasteiger partial charge in [-0.25, -0.2) is 13.8 Å². The van der Waals surface area contributed by atoms with Gasteiger partial charge in [-0.3, -0.25) is 4.57 Å². The van der Waals surface area contributed by atoms with Gasteiger partial charge in [0.1, 0.15) is 17.5 Å². The van der Waals surface area contributed by atoms with E-state index in [1.165, 1.54) is 4.57 Å². The van der Waals surface area contributed by atoms with Crippen molar-refractivity contribution in [2.75, 3.05) is 0 Å². The molecule has 2 nitrogen and oxygen atoms in total. The number of alkyl halides is 1. The highest BCUT2D eigenvalue weighted by Gasteiger charge is 2.15. The van der Waals surface area contributed by atoms with E-state index in [1.54, 1.807) is 18.2 Å². The first-order valence-corrected chi connectivity index (χ1v) is 6.69. The van der Waals surface area contributed by atoms with Gasteiger partial charge in [0.2, 0.25) is 0 Å². The van der Waals surface area contributed by atoms with Crippen LogP contribution >= 0.6 is 23.2 Å². The zero-order valence-corrected chi connectivity index (χ0v) is 11.6. The van der Waals surface area contributed by atoms with E-state index in [4.69, 9.17) is 23.2 Å². The Morgan fingerprint density at radius 2 is 1.90 bits per heavy atom. The van der Waals surface area contributed by atoms with Crippen LogP contribution in [0.1, 0.15) is 5.82 Å². The number of rotatable bonds is 2. The van der Waals surface area contributed by atoms with E-state index in [9.17, 15) is 8.78 Å². The van der Waals surface area contributed by atoms with E-state index < -0.39 is 11.6 Å². The van der Waals surface area contributed by atoms with Crippen LogP contribution in [0.2, 0.25) is 5.02 Å². The Labute approximate surface area is 123 Å². The van der Waals surface area contributed by atoms with Crippen molar-refractivity contribution in [3.05, 3.63) is 58.9 Å². The number of benzene rings is 2. The molecule has 0 amide bonds. The van der Waals surface area contributed by atoms with E-state index in [1.807, 2.05) is 0 Å². The quantitative estimate of drug-likeness (QED) is 0.627. The predicted octanol–water partition coefficient (Wildman–Crippen LogP) is 4.70. The summed E-state index contributed by atoms with van der Waals surface area (Å²) < 4.78 is 28.9. The molecule has 0 atom stereocenters.